The lowest BCUT2D eigenvalue weighted by atomic mass is 9.94. The molecule has 1 aliphatic heterocycles. The zero-order chi connectivity index (χ0) is 25.7. The summed E-state index contributed by atoms with van der Waals surface area (Å²) in [5.74, 6) is 0.146. The molecule has 0 radical (unpaired) electrons. The predicted octanol–water partition coefficient (Wildman–Crippen LogP) is 4.41. The Morgan fingerprint density at radius 1 is 1.11 bits per heavy atom. The third-order valence-electron chi connectivity index (χ3n) is 6.00. The number of hydrogen-bond donors (Lipinski definition) is 1. The van der Waals surface area contributed by atoms with Crippen LogP contribution in [0.4, 0.5) is 0 Å². The first-order valence-electron chi connectivity index (χ1n) is 12.0. The van der Waals surface area contributed by atoms with Crippen LogP contribution in [0.5, 0.6) is 11.5 Å². The summed E-state index contributed by atoms with van der Waals surface area (Å²) in [4.78, 5) is 30.0. The maximum Gasteiger partial charge on any atom is 0.295 e. The molecule has 0 saturated carbocycles. The highest BCUT2D eigenvalue weighted by molar-refractivity contribution is 6.46. The van der Waals surface area contributed by atoms with Gasteiger partial charge in [-0.05, 0) is 69.7 Å². The largest absolute Gasteiger partial charge is 0.507 e. The predicted molar refractivity (Wildman–Crippen MR) is 137 cm³/mol. The van der Waals surface area contributed by atoms with E-state index in [1.807, 2.05) is 44.1 Å². The number of likely N-dealkylation sites (tertiary alicyclic amines) is 1. The van der Waals surface area contributed by atoms with Crippen LogP contribution in [0.2, 0.25) is 0 Å². The lowest BCUT2D eigenvalue weighted by molar-refractivity contribution is -0.140. The Kier molecular flexibility index (Phi) is 8.57. The monoisotopic (exact) mass is 480 g/mol. The number of aliphatic hydroxyl groups is 1. The number of aryl methyl sites for hydroxylation is 1. The molecule has 1 N–H and O–H groups in total. The van der Waals surface area contributed by atoms with Crippen LogP contribution in [0.25, 0.3) is 5.76 Å². The Morgan fingerprint density at radius 3 is 2.46 bits per heavy atom. The van der Waals surface area contributed by atoms with Gasteiger partial charge in [-0.2, -0.15) is 0 Å². The van der Waals surface area contributed by atoms with E-state index in [1.165, 1.54) is 0 Å². The first kappa shape index (κ1) is 26.3. The van der Waals surface area contributed by atoms with Gasteiger partial charge in [0.15, 0.2) is 0 Å². The van der Waals surface area contributed by atoms with Gasteiger partial charge in [0.2, 0.25) is 0 Å². The van der Waals surface area contributed by atoms with Crippen molar-refractivity contribution in [3.63, 3.8) is 0 Å². The maximum absolute atomic E-state index is 13.3. The van der Waals surface area contributed by atoms with Crippen molar-refractivity contribution in [2.45, 2.75) is 33.2 Å². The third-order valence-corrected chi connectivity index (χ3v) is 6.00. The van der Waals surface area contributed by atoms with Crippen LogP contribution in [0.15, 0.2) is 48.0 Å². The standard InChI is InChI=1S/C28H36N2O5/c1-18(2)17-35-22-13-12-20(16-19(22)3)26(31)24-25(21-10-7-8-11-23(21)34-6)30(28(33)27(24)32)15-9-14-29(4)5/h7-8,10-13,16,18,25,31H,9,14-15,17H2,1-6H3/b26-24+/t25-/m0/s1. The van der Waals surface area contributed by atoms with E-state index in [4.69, 9.17) is 9.47 Å². The molecular weight excluding hydrogens is 444 g/mol. The van der Waals surface area contributed by atoms with Crippen molar-refractivity contribution >= 4 is 17.4 Å². The van der Waals surface area contributed by atoms with E-state index in [1.54, 1.807) is 36.3 Å². The summed E-state index contributed by atoms with van der Waals surface area (Å²) in [7, 11) is 5.47. The van der Waals surface area contributed by atoms with E-state index < -0.39 is 17.7 Å². The van der Waals surface area contributed by atoms with Crippen molar-refractivity contribution in [3.05, 3.63) is 64.7 Å². The smallest absolute Gasteiger partial charge is 0.295 e. The molecule has 1 amide bonds. The number of carbonyl (C=O) groups excluding carboxylic acids is 2. The maximum atomic E-state index is 13.3. The number of ketones is 1. The molecule has 1 saturated heterocycles. The Bertz CT molecular complexity index is 1110. The topological polar surface area (TPSA) is 79.3 Å². The van der Waals surface area contributed by atoms with Gasteiger partial charge in [-0.25, -0.2) is 0 Å². The number of methoxy groups -OCH3 is 1. The van der Waals surface area contributed by atoms with Crippen molar-refractivity contribution in [2.75, 3.05) is 40.9 Å². The summed E-state index contributed by atoms with van der Waals surface area (Å²) in [5.41, 5.74) is 2.03. The summed E-state index contributed by atoms with van der Waals surface area (Å²) >= 11 is 0. The minimum atomic E-state index is -0.745. The Morgan fingerprint density at radius 2 is 1.83 bits per heavy atom. The Labute approximate surface area is 207 Å². The molecule has 7 heteroatoms. The van der Waals surface area contributed by atoms with E-state index in [0.29, 0.717) is 42.4 Å². The van der Waals surface area contributed by atoms with Gasteiger partial charge in [-0.3, -0.25) is 9.59 Å². The molecular formula is C28H36N2O5. The van der Waals surface area contributed by atoms with Crippen LogP contribution in [-0.4, -0.2) is 67.5 Å². The molecule has 0 aromatic heterocycles. The van der Waals surface area contributed by atoms with E-state index in [9.17, 15) is 14.7 Å². The Hall–Kier alpha value is -3.32. The summed E-state index contributed by atoms with van der Waals surface area (Å²) in [6.45, 7) is 7.76. The zero-order valence-electron chi connectivity index (χ0n) is 21.5. The third kappa shape index (κ3) is 5.85. The highest BCUT2D eigenvalue weighted by atomic mass is 16.5. The van der Waals surface area contributed by atoms with Gasteiger partial charge in [-0.1, -0.05) is 32.0 Å². The van der Waals surface area contributed by atoms with Gasteiger partial charge in [0.25, 0.3) is 11.7 Å². The van der Waals surface area contributed by atoms with Crippen LogP contribution in [-0.2, 0) is 9.59 Å². The number of aliphatic hydroxyl groups excluding tert-OH is 1. The van der Waals surface area contributed by atoms with Crippen LogP contribution < -0.4 is 9.47 Å². The second-order valence-corrected chi connectivity index (χ2v) is 9.58. The second kappa shape index (κ2) is 11.4. The average Bonchev–Trinajstić information content (AvgIpc) is 3.07. The van der Waals surface area contributed by atoms with E-state index in [0.717, 1.165) is 17.9 Å². The van der Waals surface area contributed by atoms with Gasteiger partial charge in [0.1, 0.15) is 17.3 Å². The fourth-order valence-electron chi connectivity index (χ4n) is 4.25. The number of amides is 1. The quantitative estimate of drug-likeness (QED) is 0.308. The fourth-order valence-corrected chi connectivity index (χ4v) is 4.25. The summed E-state index contributed by atoms with van der Waals surface area (Å²) < 4.78 is 11.4. The molecule has 2 aromatic carbocycles. The number of hydrogen-bond acceptors (Lipinski definition) is 6. The molecule has 0 bridgehead atoms. The zero-order valence-corrected chi connectivity index (χ0v) is 21.5. The molecule has 0 aliphatic carbocycles. The molecule has 1 fully saturated rings. The van der Waals surface area contributed by atoms with Gasteiger partial charge in [0, 0.05) is 17.7 Å². The molecule has 2 aromatic rings. The van der Waals surface area contributed by atoms with Crippen molar-refractivity contribution in [2.24, 2.45) is 5.92 Å². The number of benzene rings is 2. The SMILES string of the molecule is COc1ccccc1[C@H]1/C(=C(\O)c2ccc(OCC(C)C)c(C)c2)C(=O)C(=O)N1CCCN(C)C. The summed E-state index contributed by atoms with van der Waals surface area (Å²) in [6, 6.07) is 11.8. The second-order valence-electron chi connectivity index (χ2n) is 9.58. The normalized spacial score (nSPS) is 17.5. The summed E-state index contributed by atoms with van der Waals surface area (Å²) in [6.07, 6.45) is 0.687. The molecule has 1 heterocycles. The minimum Gasteiger partial charge on any atom is -0.507 e. The molecule has 1 aliphatic rings. The van der Waals surface area contributed by atoms with Crippen molar-refractivity contribution in [3.8, 4) is 11.5 Å². The first-order valence-corrected chi connectivity index (χ1v) is 12.0. The molecule has 7 nitrogen and oxygen atoms in total. The van der Waals surface area contributed by atoms with Crippen molar-refractivity contribution in [1.29, 1.82) is 0 Å². The number of nitrogens with zero attached hydrogens (tertiary/aromatic N) is 2. The lowest BCUT2D eigenvalue weighted by Gasteiger charge is -2.27. The average molecular weight is 481 g/mol. The number of para-hydroxylation sites is 1. The Balaban J connectivity index is 2.08. The number of ether oxygens (including phenoxy) is 2. The van der Waals surface area contributed by atoms with Crippen LogP contribution in [0.3, 0.4) is 0 Å². The fraction of sp³-hybridized carbons (Fsp3) is 0.429. The van der Waals surface area contributed by atoms with Crippen LogP contribution in [0.1, 0.15) is 43.0 Å². The van der Waals surface area contributed by atoms with Gasteiger partial charge in [0.05, 0.1) is 25.3 Å². The summed E-state index contributed by atoms with van der Waals surface area (Å²) in [5, 5.41) is 11.4. The lowest BCUT2D eigenvalue weighted by Crippen LogP contribution is -2.32. The number of rotatable bonds is 10. The van der Waals surface area contributed by atoms with Gasteiger partial charge < -0.3 is 24.4 Å². The van der Waals surface area contributed by atoms with E-state index in [-0.39, 0.29) is 11.3 Å². The molecule has 188 valence electrons. The van der Waals surface area contributed by atoms with Crippen LogP contribution in [0, 0.1) is 12.8 Å². The highest BCUT2D eigenvalue weighted by Gasteiger charge is 2.46. The molecule has 1 atom stereocenters. The van der Waals surface area contributed by atoms with Crippen molar-refractivity contribution < 1.29 is 24.2 Å². The molecule has 0 spiro atoms. The van der Waals surface area contributed by atoms with Gasteiger partial charge in [-0.15, -0.1) is 0 Å². The molecule has 0 unspecified atom stereocenters. The number of Topliss-reactive ketones (excluding diaryl/α,β-unsaturated/α-hetero) is 1. The van der Waals surface area contributed by atoms with Gasteiger partial charge >= 0.3 is 0 Å². The minimum absolute atomic E-state index is 0.0691. The molecule has 35 heavy (non-hydrogen) atoms. The van der Waals surface area contributed by atoms with Crippen LogP contribution >= 0.6 is 0 Å². The van der Waals surface area contributed by atoms with E-state index >= 15 is 0 Å². The van der Waals surface area contributed by atoms with E-state index in [2.05, 4.69) is 13.8 Å². The number of carbonyl (C=O) groups is 2. The first-order chi connectivity index (χ1) is 16.6. The van der Waals surface area contributed by atoms with Crippen molar-refractivity contribution in [1.82, 2.24) is 9.80 Å². The highest BCUT2D eigenvalue weighted by Crippen LogP contribution is 2.43. The molecule has 3 rings (SSSR count).